The van der Waals surface area contributed by atoms with Crippen LogP contribution in [0.5, 0.6) is 5.75 Å². The first-order valence-corrected chi connectivity index (χ1v) is 6.74. The first-order valence-electron chi connectivity index (χ1n) is 5.57. The van der Waals surface area contributed by atoms with Gasteiger partial charge in [0.05, 0.1) is 10.6 Å². The fraction of sp³-hybridized carbons (Fsp3) is 0.0714. The largest absolute Gasteiger partial charge is 0.487 e. The fourth-order valence-electron chi connectivity index (χ4n) is 1.57. The Bertz CT molecular complexity index is 661. The van der Waals surface area contributed by atoms with Crippen LogP contribution in [0.3, 0.4) is 0 Å². The standard InChI is InChI=1S/C14H9BrClFO3/c15-9-2-3-11(16)13(6-9)20-7-8-1-4-12(17)10(5-8)14(18)19/h1-6H,7H2,(H,18,19). The third-order valence-electron chi connectivity index (χ3n) is 2.55. The van der Waals surface area contributed by atoms with Crippen LogP contribution in [-0.4, -0.2) is 11.1 Å². The molecule has 0 atom stereocenters. The average molecular weight is 360 g/mol. The zero-order valence-corrected chi connectivity index (χ0v) is 12.4. The number of benzene rings is 2. The maximum Gasteiger partial charge on any atom is 0.338 e. The molecule has 0 aliphatic carbocycles. The van der Waals surface area contributed by atoms with Crippen molar-refractivity contribution in [1.29, 1.82) is 0 Å². The highest BCUT2D eigenvalue weighted by molar-refractivity contribution is 9.10. The van der Waals surface area contributed by atoms with Gasteiger partial charge in [0.2, 0.25) is 0 Å². The molecule has 3 nitrogen and oxygen atoms in total. The van der Waals surface area contributed by atoms with Crippen LogP contribution in [-0.2, 0) is 6.61 Å². The van der Waals surface area contributed by atoms with Gasteiger partial charge in [0.1, 0.15) is 18.2 Å². The third kappa shape index (κ3) is 3.49. The van der Waals surface area contributed by atoms with Crippen LogP contribution in [0.4, 0.5) is 4.39 Å². The molecule has 0 bridgehead atoms. The Labute approximate surface area is 128 Å². The first-order chi connectivity index (χ1) is 9.47. The fourth-order valence-corrected chi connectivity index (χ4v) is 2.09. The van der Waals surface area contributed by atoms with Crippen molar-refractivity contribution in [2.75, 3.05) is 0 Å². The van der Waals surface area contributed by atoms with Gasteiger partial charge in [-0.15, -0.1) is 0 Å². The molecule has 0 spiro atoms. The second kappa shape index (κ2) is 6.24. The summed E-state index contributed by atoms with van der Waals surface area (Å²) in [5.74, 6) is -1.63. The minimum atomic E-state index is -1.31. The summed E-state index contributed by atoms with van der Waals surface area (Å²) in [7, 11) is 0. The number of rotatable bonds is 4. The maximum absolute atomic E-state index is 13.3. The summed E-state index contributed by atoms with van der Waals surface area (Å²) >= 11 is 9.27. The molecule has 2 aromatic carbocycles. The Morgan fingerprint density at radius 1 is 1.30 bits per heavy atom. The van der Waals surface area contributed by atoms with E-state index in [-0.39, 0.29) is 12.2 Å². The molecule has 0 unspecified atom stereocenters. The van der Waals surface area contributed by atoms with Crippen molar-refractivity contribution in [3.63, 3.8) is 0 Å². The van der Waals surface area contributed by atoms with Crippen molar-refractivity contribution >= 4 is 33.5 Å². The smallest absolute Gasteiger partial charge is 0.338 e. The van der Waals surface area contributed by atoms with E-state index < -0.39 is 11.8 Å². The van der Waals surface area contributed by atoms with Gasteiger partial charge in [-0.25, -0.2) is 9.18 Å². The molecule has 0 heterocycles. The van der Waals surface area contributed by atoms with E-state index in [1.807, 2.05) is 0 Å². The molecule has 0 saturated carbocycles. The van der Waals surface area contributed by atoms with Gasteiger partial charge in [0, 0.05) is 4.47 Å². The van der Waals surface area contributed by atoms with Crippen LogP contribution < -0.4 is 4.74 Å². The van der Waals surface area contributed by atoms with Crippen molar-refractivity contribution in [2.45, 2.75) is 6.61 Å². The molecule has 104 valence electrons. The Morgan fingerprint density at radius 2 is 2.05 bits per heavy atom. The first kappa shape index (κ1) is 14.8. The normalized spacial score (nSPS) is 10.3. The molecule has 20 heavy (non-hydrogen) atoms. The lowest BCUT2D eigenvalue weighted by molar-refractivity contribution is 0.0691. The van der Waals surface area contributed by atoms with E-state index in [2.05, 4.69) is 15.9 Å². The predicted molar refractivity (Wildman–Crippen MR) is 76.8 cm³/mol. The van der Waals surface area contributed by atoms with Crippen molar-refractivity contribution in [3.8, 4) is 5.75 Å². The Kier molecular flexibility index (Phi) is 4.62. The highest BCUT2D eigenvalue weighted by Gasteiger charge is 2.11. The quantitative estimate of drug-likeness (QED) is 0.873. The number of aromatic carboxylic acids is 1. The molecule has 0 radical (unpaired) electrons. The minimum absolute atomic E-state index is 0.0940. The molecular formula is C14H9BrClFO3. The van der Waals surface area contributed by atoms with E-state index >= 15 is 0 Å². The summed E-state index contributed by atoms with van der Waals surface area (Å²) in [5, 5.41) is 9.29. The molecular weight excluding hydrogens is 351 g/mol. The molecule has 0 aromatic heterocycles. The number of hydrogen-bond donors (Lipinski definition) is 1. The van der Waals surface area contributed by atoms with Crippen molar-refractivity contribution < 1.29 is 19.0 Å². The third-order valence-corrected chi connectivity index (χ3v) is 3.35. The number of carboxylic acid groups (broad SMARTS) is 1. The molecule has 6 heteroatoms. The molecule has 0 saturated heterocycles. The minimum Gasteiger partial charge on any atom is -0.487 e. The summed E-state index contributed by atoms with van der Waals surface area (Å²) in [6.45, 7) is 0.0940. The summed E-state index contributed by atoms with van der Waals surface area (Å²) in [6.07, 6.45) is 0. The lowest BCUT2D eigenvalue weighted by Gasteiger charge is -2.09. The highest BCUT2D eigenvalue weighted by Crippen LogP contribution is 2.28. The van der Waals surface area contributed by atoms with Gasteiger partial charge in [0.25, 0.3) is 0 Å². The average Bonchev–Trinajstić information content (AvgIpc) is 2.41. The second-order valence-corrected chi connectivity index (χ2v) is 5.31. The maximum atomic E-state index is 13.3. The van der Waals surface area contributed by atoms with Crippen LogP contribution in [0.1, 0.15) is 15.9 Å². The van der Waals surface area contributed by atoms with E-state index in [1.54, 1.807) is 18.2 Å². The zero-order chi connectivity index (χ0) is 14.7. The van der Waals surface area contributed by atoms with Gasteiger partial charge in [0.15, 0.2) is 0 Å². The van der Waals surface area contributed by atoms with Gasteiger partial charge in [-0.05, 0) is 35.9 Å². The van der Waals surface area contributed by atoms with E-state index in [9.17, 15) is 9.18 Å². The van der Waals surface area contributed by atoms with Crippen molar-refractivity contribution in [2.24, 2.45) is 0 Å². The number of hydrogen-bond acceptors (Lipinski definition) is 2. The summed E-state index contributed by atoms with van der Waals surface area (Å²) < 4.78 is 19.6. The Morgan fingerprint density at radius 3 is 2.75 bits per heavy atom. The number of carbonyl (C=O) groups is 1. The molecule has 0 aliphatic heterocycles. The molecule has 2 aromatic rings. The van der Waals surface area contributed by atoms with Crippen molar-refractivity contribution in [1.82, 2.24) is 0 Å². The number of carboxylic acids is 1. The number of halogens is 3. The second-order valence-electron chi connectivity index (χ2n) is 3.98. The summed E-state index contributed by atoms with van der Waals surface area (Å²) in [5.41, 5.74) is 0.159. The van der Waals surface area contributed by atoms with Crippen LogP contribution in [0.25, 0.3) is 0 Å². The molecule has 1 N–H and O–H groups in total. The lowest BCUT2D eigenvalue weighted by atomic mass is 10.1. The van der Waals surface area contributed by atoms with Gasteiger partial charge in [-0.3, -0.25) is 0 Å². The molecule has 0 amide bonds. The van der Waals surface area contributed by atoms with E-state index in [4.69, 9.17) is 21.4 Å². The van der Waals surface area contributed by atoms with Gasteiger partial charge >= 0.3 is 5.97 Å². The Balaban J connectivity index is 2.17. The molecule has 0 aliphatic rings. The van der Waals surface area contributed by atoms with Crippen LogP contribution in [0.2, 0.25) is 5.02 Å². The SMILES string of the molecule is O=C(O)c1cc(COc2cc(Br)ccc2Cl)ccc1F. The summed E-state index contributed by atoms with van der Waals surface area (Å²) in [6, 6.07) is 8.95. The molecule has 2 rings (SSSR count). The van der Waals surface area contributed by atoms with E-state index in [0.29, 0.717) is 16.3 Å². The lowest BCUT2D eigenvalue weighted by Crippen LogP contribution is -2.03. The highest BCUT2D eigenvalue weighted by atomic mass is 79.9. The van der Waals surface area contributed by atoms with Gasteiger partial charge < -0.3 is 9.84 Å². The predicted octanol–water partition coefficient (Wildman–Crippen LogP) is 4.52. The van der Waals surface area contributed by atoms with Crippen LogP contribution in [0, 0.1) is 5.82 Å². The van der Waals surface area contributed by atoms with E-state index in [1.165, 1.54) is 12.1 Å². The number of ether oxygens (including phenoxy) is 1. The topological polar surface area (TPSA) is 46.5 Å². The molecule has 0 fully saturated rings. The van der Waals surface area contributed by atoms with Gasteiger partial charge in [-0.2, -0.15) is 0 Å². The Hall–Kier alpha value is -1.59. The van der Waals surface area contributed by atoms with Crippen LogP contribution in [0.15, 0.2) is 40.9 Å². The van der Waals surface area contributed by atoms with Gasteiger partial charge in [-0.1, -0.05) is 33.6 Å². The van der Waals surface area contributed by atoms with Crippen molar-refractivity contribution in [3.05, 3.63) is 62.8 Å². The monoisotopic (exact) mass is 358 g/mol. The van der Waals surface area contributed by atoms with E-state index in [0.717, 1.165) is 10.5 Å². The van der Waals surface area contributed by atoms with Crippen LogP contribution >= 0.6 is 27.5 Å². The zero-order valence-electron chi connectivity index (χ0n) is 10.1. The summed E-state index contributed by atoms with van der Waals surface area (Å²) in [4.78, 5) is 10.8.